The molecular weight excluding hydrogens is 639 g/mol. The van der Waals surface area contributed by atoms with E-state index in [2.05, 4.69) is 33.4 Å². The van der Waals surface area contributed by atoms with E-state index in [1.165, 1.54) is 0 Å². The fourth-order valence-corrected chi connectivity index (χ4v) is 8.90. The van der Waals surface area contributed by atoms with Crippen LogP contribution >= 0.6 is 0 Å². The molecule has 0 unspecified atom stereocenters. The lowest BCUT2D eigenvalue weighted by molar-refractivity contribution is -0.170. The summed E-state index contributed by atoms with van der Waals surface area (Å²) >= 11 is 0. The van der Waals surface area contributed by atoms with E-state index in [0.717, 1.165) is 47.9 Å². The Labute approximate surface area is 292 Å². The van der Waals surface area contributed by atoms with Gasteiger partial charge in [0, 0.05) is 24.6 Å². The quantitative estimate of drug-likeness (QED) is 0.179. The highest BCUT2D eigenvalue weighted by Gasteiger charge is 2.51. The Kier molecular flexibility index (Phi) is 11.6. The van der Waals surface area contributed by atoms with Crippen LogP contribution in [0.1, 0.15) is 94.9 Å². The van der Waals surface area contributed by atoms with Gasteiger partial charge in [0.1, 0.15) is 17.2 Å². The molecule has 0 bridgehead atoms. The molecule has 2 aliphatic heterocycles. The molecular formula is C40H51NO7S. The SMILES string of the molecule is C=C(C)[C@@H]1CC2(CCN(S(=O)(=O)c3ccc(Oc4ccccc4)cc3)CC2)[C@@H](CCCC)O[C@H]1c1c(C)cc(C(C)C)cc1OCC(=O)O. The highest BCUT2D eigenvalue weighted by atomic mass is 32.2. The normalized spacial score (nSPS) is 21.1. The van der Waals surface area contributed by atoms with Crippen LogP contribution in [0.3, 0.4) is 0 Å². The molecule has 8 nitrogen and oxygen atoms in total. The minimum Gasteiger partial charge on any atom is -0.482 e. The van der Waals surface area contributed by atoms with Crippen LogP contribution in [0.5, 0.6) is 17.2 Å². The highest BCUT2D eigenvalue weighted by molar-refractivity contribution is 7.89. The molecule has 3 aromatic rings. The number of piperidine rings is 1. The molecule has 2 aliphatic rings. The number of ether oxygens (including phenoxy) is 3. The number of carbonyl (C=O) groups is 1. The molecule has 0 radical (unpaired) electrons. The highest BCUT2D eigenvalue weighted by Crippen LogP contribution is 2.56. The third kappa shape index (κ3) is 8.22. The van der Waals surface area contributed by atoms with Crippen molar-refractivity contribution < 1.29 is 32.5 Å². The molecule has 3 atom stereocenters. The van der Waals surface area contributed by atoms with Gasteiger partial charge >= 0.3 is 5.97 Å². The third-order valence-electron chi connectivity index (χ3n) is 10.3. The maximum absolute atomic E-state index is 13.8. The van der Waals surface area contributed by atoms with E-state index in [4.69, 9.17) is 14.2 Å². The molecule has 3 aromatic carbocycles. The summed E-state index contributed by atoms with van der Waals surface area (Å²) in [6.07, 6.45) is 4.59. The Morgan fingerprint density at radius 1 is 1.06 bits per heavy atom. The third-order valence-corrected chi connectivity index (χ3v) is 12.2. The Hall–Kier alpha value is -3.66. The van der Waals surface area contributed by atoms with Crippen LogP contribution in [0.4, 0.5) is 0 Å². The molecule has 1 spiro atoms. The summed E-state index contributed by atoms with van der Waals surface area (Å²) in [7, 11) is -3.71. The molecule has 0 amide bonds. The van der Waals surface area contributed by atoms with Crippen LogP contribution in [0.2, 0.25) is 0 Å². The molecule has 2 heterocycles. The van der Waals surface area contributed by atoms with Crippen molar-refractivity contribution in [2.45, 2.75) is 96.2 Å². The van der Waals surface area contributed by atoms with Crippen LogP contribution in [-0.2, 0) is 19.6 Å². The fraction of sp³-hybridized carbons (Fsp3) is 0.475. The number of aliphatic carboxylic acids is 1. The first-order valence-corrected chi connectivity index (χ1v) is 18.9. The Bertz CT molecular complexity index is 1710. The van der Waals surface area contributed by atoms with E-state index in [1.54, 1.807) is 28.6 Å². The van der Waals surface area contributed by atoms with E-state index in [-0.39, 0.29) is 34.4 Å². The van der Waals surface area contributed by atoms with E-state index in [1.807, 2.05) is 50.2 Å². The van der Waals surface area contributed by atoms with Crippen LogP contribution in [0, 0.1) is 18.3 Å². The van der Waals surface area contributed by atoms with Gasteiger partial charge in [-0.05, 0) is 104 Å². The predicted octanol–water partition coefficient (Wildman–Crippen LogP) is 9.06. The van der Waals surface area contributed by atoms with Gasteiger partial charge in [0.15, 0.2) is 6.61 Å². The van der Waals surface area contributed by atoms with Crippen LogP contribution < -0.4 is 9.47 Å². The van der Waals surface area contributed by atoms with Gasteiger partial charge in [-0.3, -0.25) is 0 Å². The van der Waals surface area contributed by atoms with Crippen molar-refractivity contribution in [1.82, 2.24) is 4.31 Å². The molecule has 0 aromatic heterocycles. The van der Waals surface area contributed by atoms with Gasteiger partial charge in [0.05, 0.1) is 17.1 Å². The second-order valence-corrected chi connectivity index (χ2v) is 16.0. The van der Waals surface area contributed by atoms with E-state index in [0.29, 0.717) is 43.2 Å². The standard InChI is InChI=1S/C40H51NO7S/c1-7-8-14-36-40(19-21-41(22-20-40)49(44,45)33-17-15-32(16-18-33)47-31-12-10-9-11-13-31)25-34(28(4)5)39(48-36)38-29(6)23-30(27(2)3)24-35(38)46-26-37(42)43/h9-13,15-18,23-24,27,34,36,39H,4,7-8,14,19-22,25-26H2,1-3,5-6H3,(H,42,43)/t34-,36+,39+/m0/s1. The molecule has 0 saturated carbocycles. The smallest absolute Gasteiger partial charge is 0.341 e. The molecule has 1 N–H and O–H groups in total. The predicted molar refractivity (Wildman–Crippen MR) is 192 cm³/mol. The van der Waals surface area contributed by atoms with Crippen LogP contribution in [0.15, 0.2) is 83.8 Å². The molecule has 264 valence electrons. The number of para-hydroxylation sites is 1. The lowest BCUT2D eigenvalue weighted by Gasteiger charge is -2.54. The summed E-state index contributed by atoms with van der Waals surface area (Å²) in [4.78, 5) is 11.8. The van der Waals surface area contributed by atoms with Crippen molar-refractivity contribution in [3.63, 3.8) is 0 Å². The van der Waals surface area contributed by atoms with Gasteiger partial charge in [0.2, 0.25) is 10.0 Å². The zero-order chi connectivity index (χ0) is 35.3. The molecule has 49 heavy (non-hydrogen) atoms. The molecule has 2 fully saturated rings. The summed E-state index contributed by atoms with van der Waals surface area (Å²) in [5.74, 6) is 0.979. The number of hydrogen-bond donors (Lipinski definition) is 1. The molecule has 0 aliphatic carbocycles. The number of hydrogen-bond acceptors (Lipinski definition) is 6. The van der Waals surface area contributed by atoms with Crippen molar-refractivity contribution in [3.8, 4) is 17.2 Å². The number of benzene rings is 3. The lowest BCUT2D eigenvalue weighted by Crippen LogP contribution is -2.53. The number of unbranched alkanes of at least 4 members (excludes halogenated alkanes) is 1. The lowest BCUT2D eigenvalue weighted by atomic mass is 9.63. The number of nitrogens with zero attached hydrogens (tertiary/aromatic N) is 1. The second kappa shape index (κ2) is 15.5. The molecule has 9 heteroatoms. The number of carboxylic acids is 1. The number of aryl methyl sites for hydroxylation is 1. The van der Waals surface area contributed by atoms with Crippen LogP contribution in [-0.4, -0.2) is 49.6 Å². The number of sulfonamides is 1. The maximum Gasteiger partial charge on any atom is 0.341 e. The van der Waals surface area contributed by atoms with Crippen molar-refractivity contribution >= 4 is 16.0 Å². The van der Waals surface area contributed by atoms with Gasteiger partial charge < -0.3 is 19.3 Å². The Balaban J connectivity index is 1.39. The van der Waals surface area contributed by atoms with Gasteiger partial charge in [-0.15, -0.1) is 0 Å². The van der Waals surface area contributed by atoms with E-state index < -0.39 is 22.6 Å². The van der Waals surface area contributed by atoms with Crippen molar-refractivity contribution in [2.24, 2.45) is 11.3 Å². The van der Waals surface area contributed by atoms with E-state index >= 15 is 0 Å². The van der Waals surface area contributed by atoms with Gasteiger partial charge in [0.25, 0.3) is 0 Å². The summed E-state index contributed by atoms with van der Waals surface area (Å²) in [5, 5.41) is 9.46. The largest absolute Gasteiger partial charge is 0.482 e. The first kappa shape index (κ1) is 36.6. The number of carboxylic acid groups (broad SMARTS) is 1. The molecule has 5 rings (SSSR count). The van der Waals surface area contributed by atoms with Gasteiger partial charge in [-0.2, -0.15) is 4.31 Å². The average Bonchev–Trinajstić information content (AvgIpc) is 3.07. The summed E-state index contributed by atoms with van der Waals surface area (Å²) < 4.78 is 48.3. The van der Waals surface area contributed by atoms with Gasteiger partial charge in [-0.25, -0.2) is 13.2 Å². The Morgan fingerprint density at radius 3 is 2.31 bits per heavy atom. The van der Waals surface area contributed by atoms with Crippen molar-refractivity contribution in [3.05, 3.63) is 95.6 Å². The monoisotopic (exact) mass is 689 g/mol. The maximum atomic E-state index is 13.8. The summed E-state index contributed by atoms with van der Waals surface area (Å²) in [5.41, 5.74) is 3.74. The number of rotatable bonds is 13. The fourth-order valence-electron chi connectivity index (χ4n) is 7.46. The van der Waals surface area contributed by atoms with E-state index in [9.17, 15) is 18.3 Å². The first-order chi connectivity index (χ1) is 23.3. The second-order valence-electron chi connectivity index (χ2n) is 14.1. The minimum absolute atomic E-state index is 0.0472. The average molecular weight is 690 g/mol. The Morgan fingerprint density at radius 2 is 1.71 bits per heavy atom. The zero-order valence-corrected chi connectivity index (χ0v) is 30.3. The van der Waals surface area contributed by atoms with Crippen molar-refractivity contribution in [1.29, 1.82) is 0 Å². The van der Waals surface area contributed by atoms with Crippen LogP contribution in [0.25, 0.3) is 0 Å². The topological polar surface area (TPSA) is 102 Å². The summed E-state index contributed by atoms with van der Waals surface area (Å²) in [6.45, 7) is 15.2. The first-order valence-electron chi connectivity index (χ1n) is 17.5. The van der Waals surface area contributed by atoms with Gasteiger partial charge in [-0.1, -0.05) is 70.0 Å². The summed E-state index contributed by atoms with van der Waals surface area (Å²) in [6, 6.07) is 20.1. The zero-order valence-electron chi connectivity index (χ0n) is 29.5. The molecule has 2 saturated heterocycles. The van der Waals surface area contributed by atoms with Crippen molar-refractivity contribution in [2.75, 3.05) is 19.7 Å². The minimum atomic E-state index is -3.71.